The fourth-order valence-corrected chi connectivity index (χ4v) is 1.56. The smallest absolute Gasteiger partial charge is 0.626 e. The van der Waals surface area contributed by atoms with Gasteiger partial charge in [-0.2, -0.15) is 0 Å². The molecule has 23 heavy (non-hydrogen) atoms. The van der Waals surface area contributed by atoms with E-state index in [9.17, 15) is 4.79 Å². The number of benzene rings is 1. The standard InChI is InChI=1S/C11H13NO.3C2H6.CH2O.Rb.W/c1-8-6-7-9-4-2-3-5-10(9)12-11(8)13;4*1-2;;/h2-5,8H,6-7H2,1H3,(H,12,13);3*1-2H3;1H2;;/q;;;;;+1;/p-1. The van der Waals surface area contributed by atoms with E-state index in [0.717, 1.165) is 18.5 Å². The van der Waals surface area contributed by atoms with Crippen LogP contribution in [0.1, 0.15) is 60.5 Å². The van der Waals surface area contributed by atoms with Gasteiger partial charge in [-0.25, -0.2) is 0 Å². The summed E-state index contributed by atoms with van der Waals surface area (Å²) >= 11 is 0. The van der Waals surface area contributed by atoms with Gasteiger partial charge in [0.05, 0.1) is 5.91 Å². The van der Waals surface area contributed by atoms with E-state index in [2.05, 4.69) is 5.32 Å². The summed E-state index contributed by atoms with van der Waals surface area (Å²) in [4.78, 5) is 19.4. The van der Waals surface area contributed by atoms with E-state index in [-0.39, 0.29) is 91.1 Å². The van der Waals surface area contributed by atoms with Gasteiger partial charge in [0.1, 0.15) is 6.79 Å². The Kier molecular flexibility index (Phi) is 42.2. The number of amides is 1. The maximum absolute atomic E-state index is 11.4. The van der Waals surface area contributed by atoms with Crippen LogP contribution in [0.5, 0.6) is 0 Å². The first-order valence-corrected chi connectivity index (χ1v) is 7.90. The van der Waals surface area contributed by atoms with E-state index in [1.54, 1.807) is 0 Å². The largest absolute Gasteiger partial charge is 1.00 e. The molecule has 0 aromatic heterocycles. The minimum Gasteiger partial charge on any atom is -0.626 e. The molecule has 1 aromatic carbocycles. The number of fused-ring (bicyclic) bond motifs is 1. The molecule has 0 saturated heterocycles. The van der Waals surface area contributed by atoms with Crippen LogP contribution in [0, 0.1) is 5.92 Å². The molecule has 0 fully saturated rings. The summed E-state index contributed by atoms with van der Waals surface area (Å²) in [6, 6.07) is 7.87. The Labute approximate surface area is 206 Å². The van der Waals surface area contributed by atoms with Crippen molar-refractivity contribution in [2.75, 3.05) is 0 Å². The van der Waals surface area contributed by atoms with E-state index in [1.807, 2.05) is 79.5 Å². The number of rotatable bonds is 0. The van der Waals surface area contributed by atoms with Crippen LogP contribution in [0.3, 0.4) is 0 Å². The summed E-state index contributed by atoms with van der Waals surface area (Å²) in [7, 11) is 0. The van der Waals surface area contributed by atoms with Gasteiger partial charge >= 0.3 is 58.2 Å². The molecule has 1 heterocycles. The van der Waals surface area contributed by atoms with Crippen molar-refractivity contribution < 1.29 is 88.8 Å². The molecule has 1 amide bonds. The Morgan fingerprint density at radius 3 is 1.91 bits per heavy atom. The van der Waals surface area contributed by atoms with Crippen LogP contribution < -0.4 is 58.2 Å². The molecule has 0 spiro atoms. The van der Waals surface area contributed by atoms with Gasteiger partial charge in [-0.15, -0.1) is 5.69 Å². The van der Waals surface area contributed by atoms with Crippen LogP contribution in [0.2, 0.25) is 0 Å². The quantitative estimate of drug-likeness (QED) is 0.488. The van der Waals surface area contributed by atoms with Crippen LogP contribution in [-0.2, 0) is 37.1 Å². The number of aryl methyl sites for hydroxylation is 1. The second-order valence-corrected chi connectivity index (χ2v) is 3.52. The molecule has 1 aromatic rings. The van der Waals surface area contributed by atoms with Crippen molar-refractivity contribution in [2.24, 2.45) is 5.92 Å². The predicted molar refractivity (Wildman–Crippen MR) is 93.1 cm³/mol. The third-order valence-electron chi connectivity index (χ3n) is 2.49. The number of carbonyl (C=O) groups is 2. The predicted octanol–water partition coefficient (Wildman–Crippen LogP) is 2.70. The Bertz CT molecular complexity index is 363. The number of carbonyl (C=O) groups excluding carboxylic acids is 2. The monoisotopic (exact) mass is 563 g/mol. The van der Waals surface area contributed by atoms with Crippen LogP contribution in [0.4, 0.5) is 5.69 Å². The van der Waals surface area contributed by atoms with E-state index in [0.29, 0.717) is 0 Å². The summed E-state index contributed by atoms with van der Waals surface area (Å²) in [6.07, 6.45) is 1.88. The summed E-state index contributed by atoms with van der Waals surface area (Å²) < 4.78 is 0. The van der Waals surface area contributed by atoms with Crippen molar-refractivity contribution in [3.8, 4) is 0 Å². The first-order valence-electron chi connectivity index (χ1n) is 7.90. The van der Waals surface area contributed by atoms with Gasteiger partial charge in [-0.05, 0) is 18.8 Å². The molecular formula is C18H32NO2RbW. The third kappa shape index (κ3) is 16.1. The zero-order valence-electron chi connectivity index (χ0n) is 16.2. The molecule has 128 valence electrons. The maximum atomic E-state index is 11.4. The molecule has 1 aliphatic rings. The zero-order chi connectivity index (χ0) is 17.3. The Morgan fingerprint density at radius 2 is 1.43 bits per heavy atom. The van der Waals surface area contributed by atoms with Crippen LogP contribution in [0.15, 0.2) is 24.3 Å². The molecule has 3 nitrogen and oxygen atoms in total. The molecule has 0 radical (unpaired) electrons. The van der Waals surface area contributed by atoms with E-state index in [1.165, 1.54) is 5.56 Å². The molecule has 0 saturated carbocycles. The van der Waals surface area contributed by atoms with E-state index in [4.69, 9.17) is 4.79 Å². The van der Waals surface area contributed by atoms with Crippen LogP contribution in [0.25, 0.3) is 5.32 Å². The molecule has 1 unspecified atom stereocenters. The first kappa shape index (κ1) is 35.0. The molecule has 5 heteroatoms. The molecule has 1 atom stereocenters. The molecule has 2 rings (SSSR count). The molecular weight excluding hydrogens is 532 g/mol. The van der Waals surface area contributed by atoms with Gasteiger partial charge in [-0.3, -0.25) is 0 Å². The average Bonchev–Trinajstić information content (AvgIpc) is 2.74. The number of para-hydroxylation sites is 1. The van der Waals surface area contributed by atoms with Gasteiger partial charge in [0, 0.05) is 21.1 Å². The minimum atomic E-state index is 0. The van der Waals surface area contributed by atoms with Crippen molar-refractivity contribution in [3.63, 3.8) is 0 Å². The summed E-state index contributed by atoms with van der Waals surface area (Å²) in [5.74, 6) is 0.0948. The second-order valence-electron chi connectivity index (χ2n) is 3.52. The zero-order valence-corrected chi connectivity index (χ0v) is 24.0. The first-order chi connectivity index (χ1) is 10.3. The van der Waals surface area contributed by atoms with Crippen molar-refractivity contribution >= 4 is 18.4 Å². The summed E-state index contributed by atoms with van der Waals surface area (Å²) in [6.45, 7) is 15.9. The summed E-state index contributed by atoms with van der Waals surface area (Å²) in [5, 5.41) is 4.08. The Balaban J connectivity index is -0.0000000954. The van der Waals surface area contributed by atoms with Crippen molar-refractivity contribution in [1.82, 2.24) is 0 Å². The maximum Gasteiger partial charge on any atom is 1.00 e. The number of hydrogen-bond donors (Lipinski definition) is 0. The summed E-state index contributed by atoms with van der Waals surface area (Å²) in [5.41, 5.74) is 2.05. The van der Waals surface area contributed by atoms with Gasteiger partial charge in [0.25, 0.3) is 0 Å². The van der Waals surface area contributed by atoms with Gasteiger partial charge < -0.3 is 14.9 Å². The number of hydrogen-bond acceptors (Lipinski definition) is 2. The van der Waals surface area contributed by atoms with Crippen molar-refractivity contribution in [2.45, 2.75) is 61.3 Å². The SMILES string of the molecule is C=O.CC.CC.CC.CC1CCc2ccccc2[N-]C1=O.[Rb+].[W]. The van der Waals surface area contributed by atoms with Gasteiger partial charge in [0.15, 0.2) is 0 Å². The third-order valence-corrected chi connectivity index (χ3v) is 2.49. The molecule has 1 aliphatic heterocycles. The molecule has 0 N–H and O–H groups in total. The van der Waals surface area contributed by atoms with Crippen molar-refractivity contribution in [1.29, 1.82) is 0 Å². The fourth-order valence-electron chi connectivity index (χ4n) is 1.56. The topological polar surface area (TPSA) is 48.2 Å². The number of nitrogens with zero attached hydrogens (tertiary/aromatic N) is 1. The normalized spacial score (nSPS) is 13.2. The van der Waals surface area contributed by atoms with Crippen LogP contribution in [-0.4, -0.2) is 12.7 Å². The van der Waals surface area contributed by atoms with Crippen LogP contribution >= 0.6 is 0 Å². The molecule has 0 aliphatic carbocycles. The van der Waals surface area contributed by atoms with E-state index >= 15 is 0 Å². The minimum absolute atomic E-state index is 0. The van der Waals surface area contributed by atoms with Gasteiger partial charge in [0.2, 0.25) is 0 Å². The Hall–Kier alpha value is 0.854. The van der Waals surface area contributed by atoms with E-state index < -0.39 is 0 Å². The Morgan fingerprint density at radius 1 is 1.00 bits per heavy atom. The molecule has 0 bridgehead atoms. The second kappa shape index (κ2) is 27.7. The fraction of sp³-hybridized carbons (Fsp3) is 0.556. The average molecular weight is 564 g/mol. The van der Waals surface area contributed by atoms with Gasteiger partial charge in [-0.1, -0.05) is 78.3 Å². The van der Waals surface area contributed by atoms with Crippen molar-refractivity contribution in [3.05, 3.63) is 35.1 Å².